The number of hydrogen-bond acceptors (Lipinski definition) is 1. The van der Waals surface area contributed by atoms with Crippen molar-refractivity contribution in [2.75, 3.05) is 5.32 Å². The van der Waals surface area contributed by atoms with E-state index >= 15 is 0 Å². The first-order chi connectivity index (χ1) is 9.13. The van der Waals surface area contributed by atoms with E-state index in [-0.39, 0.29) is 11.8 Å². The van der Waals surface area contributed by atoms with Gasteiger partial charge < -0.3 is 5.32 Å². The predicted octanol–water partition coefficient (Wildman–Crippen LogP) is 4.04. The van der Waals surface area contributed by atoms with Crippen LogP contribution in [-0.2, 0) is 11.2 Å². The Morgan fingerprint density at radius 2 is 2.05 bits per heavy atom. The van der Waals surface area contributed by atoms with Crippen LogP contribution < -0.4 is 5.32 Å². The number of benzene rings is 2. The summed E-state index contributed by atoms with van der Waals surface area (Å²) in [4.78, 5) is 12.1. The molecular weight excluding hydrogens is 302 g/mol. The van der Waals surface area contributed by atoms with E-state index in [1.807, 2.05) is 24.3 Å². The molecule has 1 N–H and O–H groups in total. The number of anilines is 1. The Morgan fingerprint density at radius 1 is 1.21 bits per heavy atom. The van der Waals surface area contributed by atoms with Gasteiger partial charge in [0.2, 0.25) is 5.91 Å². The van der Waals surface area contributed by atoms with Crippen LogP contribution in [0.25, 0.3) is 0 Å². The van der Waals surface area contributed by atoms with E-state index in [2.05, 4.69) is 46.4 Å². The van der Waals surface area contributed by atoms with Gasteiger partial charge in [-0.15, -0.1) is 0 Å². The number of nitrogens with one attached hydrogen (secondary N) is 1. The molecular formula is C16H14BrNO. The fraction of sp³-hybridized carbons (Fsp3) is 0.188. The van der Waals surface area contributed by atoms with Crippen molar-refractivity contribution in [1.82, 2.24) is 0 Å². The minimum Gasteiger partial charge on any atom is -0.325 e. The molecule has 1 amide bonds. The molecule has 0 bridgehead atoms. The van der Waals surface area contributed by atoms with Crippen LogP contribution in [-0.4, -0.2) is 5.91 Å². The van der Waals surface area contributed by atoms with Crippen LogP contribution in [0.3, 0.4) is 0 Å². The summed E-state index contributed by atoms with van der Waals surface area (Å²) in [6, 6.07) is 14.3. The van der Waals surface area contributed by atoms with E-state index in [1.165, 1.54) is 11.1 Å². The number of rotatable bonds is 2. The molecule has 1 aliphatic rings. The standard InChI is InChI=1S/C16H14BrNO/c1-10-3-2-4-11(7-10)8-14-13-9-12(17)5-6-15(13)18-16(14)19/h2-7,9,14H,8H2,1H3,(H,18,19). The molecule has 0 fully saturated rings. The highest BCUT2D eigenvalue weighted by Crippen LogP contribution is 2.36. The molecule has 1 aliphatic heterocycles. The van der Waals surface area contributed by atoms with Gasteiger partial charge in [0.15, 0.2) is 0 Å². The molecule has 2 aromatic rings. The Balaban J connectivity index is 1.94. The highest BCUT2D eigenvalue weighted by Gasteiger charge is 2.30. The van der Waals surface area contributed by atoms with Crippen molar-refractivity contribution in [3.8, 4) is 0 Å². The van der Waals surface area contributed by atoms with Gasteiger partial charge in [-0.1, -0.05) is 45.8 Å². The number of fused-ring (bicyclic) bond motifs is 1. The molecule has 0 saturated carbocycles. The second-order valence-corrected chi connectivity index (χ2v) is 5.88. The van der Waals surface area contributed by atoms with Crippen LogP contribution in [0.4, 0.5) is 5.69 Å². The van der Waals surface area contributed by atoms with Crippen molar-refractivity contribution < 1.29 is 4.79 Å². The van der Waals surface area contributed by atoms with Crippen LogP contribution in [0.1, 0.15) is 22.6 Å². The Hall–Kier alpha value is -1.61. The summed E-state index contributed by atoms with van der Waals surface area (Å²) < 4.78 is 1.01. The molecule has 0 aromatic heterocycles. The van der Waals surface area contributed by atoms with Gasteiger partial charge in [-0.3, -0.25) is 4.79 Å². The van der Waals surface area contributed by atoms with E-state index in [4.69, 9.17) is 0 Å². The summed E-state index contributed by atoms with van der Waals surface area (Å²) in [5.74, 6) is 0.00362. The molecule has 0 saturated heterocycles. The highest BCUT2D eigenvalue weighted by molar-refractivity contribution is 9.10. The second-order valence-electron chi connectivity index (χ2n) is 4.97. The third-order valence-corrected chi connectivity index (χ3v) is 3.98. The van der Waals surface area contributed by atoms with Crippen LogP contribution in [0, 0.1) is 6.92 Å². The quantitative estimate of drug-likeness (QED) is 0.890. The largest absolute Gasteiger partial charge is 0.325 e. The average molecular weight is 316 g/mol. The fourth-order valence-electron chi connectivity index (χ4n) is 2.57. The van der Waals surface area contributed by atoms with Crippen molar-refractivity contribution in [3.05, 3.63) is 63.6 Å². The van der Waals surface area contributed by atoms with Gasteiger partial charge in [-0.05, 0) is 42.7 Å². The zero-order valence-electron chi connectivity index (χ0n) is 10.6. The smallest absolute Gasteiger partial charge is 0.232 e. The zero-order chi connectivity index (χ0) is 13.4. The van der Waals surface area contributed by atoms with Gasteiger partial charge in [0.25, 0.3) is 0 Å². The third kappa shape index (κ3) is 2.43. The summed E-state index contributed by atoms with van der Waals surface area (Å²) in [6.45, 7) is 2.07. The maximum atomic E-state index is 12.1. The monoisotopic (exact) mass is 315 g/mol. The molecule has 0 aliphatic carbocycles. The lowest BCUT2D eigenvalue weighted by Crippen LogP contribution is -2.14. The maximum Gasteiger partial charge on any atom is 0.232 e. The molecule has 1 atom stereocenters. The van der Waals surface area contributed by atoms with Crippen LogP contribution >= 0.6 is 15.9 Å². The minimum absolute atomic E-state index is 0.0886. The Labute approximate surface area is 121 Å². The van der Waals surface area contributed by atoms with Gasteiger partial charge in [-0.25, -0.2) is 0 Å². The number of halogens is 1. The normalized spacial score (nSPS) is 17.2. The van der Waals surface area contributed by atoms with Gasteiger partial charge in [0.05, 0.1) is 5.92 Å². The fourth-order valence-corrected chi connectivity index (χ4v) is 2.95. The van der Waals surface area contributed by atoms with Gasteiger partial charge in [0.1, 0.15) is 0 Å². The lowest BCUT2D eigenvalue weighted by atomic mass is 9.93. The number of carbonyl (C=O) groups is 1. The summed E-state index contributed by atoms with van der Waals surface area (Å²) in [5, 5.41) is 2.95. The van der Waals surface area contributed by atoms with E-state index in [0.29, 0.717) is 0 Å². The van der Waals surface area contributed by atoms with E-state index < -0.39 is 0 Å². The zero-order valence-corrected chi connectivity index (χ0v) is 12.2. The average Bonchev–Trinajstić information content (AvgIpc) is 2.66. The first-order valence-corrected chi connectivity index (χ1v) is 7.08. The molecule has 2 aromatic carbocycles. The molecule has 0 radical (unpaired) electrons. The molecule has 2 nitrogen and oxygen atoms in total. The van der Waals surface area contributed by atoms with E-state index in [0.717, 1.165) is 22.1 Å². The molecule has 19 heavy (non-hydrogen) atoms. The molecule has 96 valence electrons. The predicted molar refractivity (Wildman–Crippen MR) is 80.4 cm³/mol. The van der Waals surface area contributed by atoms with E-state index in [9.17, 15) is 4.79 Å². The van der Waals surface area contributed by atoms with Crippen LogP contribution in [0.15, 0.2) is 46.9 Å². The topological polar surface area (TPSA) is 29.1 Å². The first kappa shape index (κ1) is 12.4. The molecule has 3 rings (SSSR count). The summed E-state index contributed by atoms with van der Waals surface area (Å²) in [7, 11) is 0. The second kappa shape index (κ2) is 4.82. The summed E-state index contributed by atoms with van der Waals surface area (Å²) in [5.41, 5.74) is 4.45. The van der Waals surface area contributed by atoms with Crippen molar-refractivity contribution >= 4 is 27.5 Å². The molecule has 1 unspecified atom stereocenters. The van der Waals surface area contributed by atoms with Crippen molar-refractivity contribution in [3.63, 3.8) is 0 Å². The lowest BCUT2D eigenvalue weighted by Gasteiger charge is -2.09. The summed E-state index contributed by atoms with van der Waals surface area (Å²) >= 11 is 3.47. The summed E-state index contributed by atoms with van der Waals surface area (Å²) in [6.07, 6.45) is 0.747. The Kier molecular flexibility index (Phi) is 3.15. The SMILES string of the molecule is Cc1cccc(CC2C(=O)Nc3ccc(Br)cc32)c1. The third-order valence-electron chi connectivity index (χ3n) is 3.49. The number of aryl methyl sites for hydroxylation is 1. The lowest BCUT2D eigenvalue weighted by molar-refractivity contribution is -0.117. The maximum absolute atomic E-state index is 12.1. The number of hydrogen-bond donors (Lipinski definition) is 1. The van der Waals surface area contributed by atoms with Gasteiger partial charge >= 0.3 is 0 Å². The number of amides is 1. The molecule has 1 heterocycles. The first-order valence-electron chi connectivity index (χ1n) is 6.29. The van der Waals surface area contributed by atoms with Crippen molar-refractivity contribution in [1.29, 1.82) is 0 Å². The Morgan fingerprint density at radius 3 is 2.84 bits per heavy atom. The Bertz CT molecular complexity index is 651. The number of carbonyl (C=O) groups excluding carboxylic acids is 1. The van der Waals surface area contributed by atoms with Crippen LogP contribution in [0.2, 0.25) is 0 Å². The molecule has 3 heteroatoms. The van der Waals surface area contributed by atoms with Gasteiger partial charge in [0, 0.05) is 10.2 Å². The highest BCUT2D eigenvalue weighted by atomic mass is 79.9. The van der Waals surface area contributed by atoms with E-state index in [1.54, 1.807) is 0 Å². The molecule has 0 spiro atoms. The van der Waals surface area contributed by atoms with Crippen molar-refractivity contribution in [2.45, 2.75) is 19.3 Å². The van der Waals surface area contributed by atoms with Crippen LogP contribution in [0.5, 0.6) is 0 Å². The minimum atomic E-state index is -0.0886. The van der Waals surface area contributed by atoms with Crippen molar-refractivity contribution in [2.24, 2.45) is 0 Å². The van der Waals surface area contributed by atoms with Gasteiger partial charge in [-0.2, -0.15) is 0 Å².